The van der Waals surface area contributed by atoms with Gasteiger partial charge in [0, 0.05) is 37.2 Å². The summed E-state index contributed by atoms with van der Waals surface area (Å²) in [5, 5.41) is 5.52. The molecule has 0 aliphatic heterocycles. The Morgan fingerprint density at radius 3 is 2.22 bits per heavy atom. The third-order valence-corrected chi connectivity index (χ3v) is 3.72. The number of carbonyl (C=O) groups is 1. The Morgan fingerprint density at radius 1 is 0.926 bits per heavy atom. The molecule has 0 aliphatic carbocycles. The number of amides is 1. The lowest BCUT2D eigenvalue weighted by Crippen LogP contribution is -2.14. The first kappa shape index (κ1) is 18.2. The fourth-order valence-corrected chi connectivity index (χ4v) is 2.27. The van der Waals surface area contributed by atoms with Crippen molar-refractivity contribution in [3.63, 3.8) is 0 Å². The topological polar surface area (TPSA) is 70.2 Å². The number of nitrogens with zero attached hydrogens (tertiary/aromatic N) is 3. The summed E-state index contributed by atoms with van der Waals surface area (Å²) in [6.07, 6.45) is 2.64. The number of aromatic nitrogens is 2. The number of benzene rings is 2. The van der Waals surface area contributed by atoms with Gasteiger partial charge in [-0.2, -0.15) is 0 Å². The minimum Gasteiger partial charge on any atom is -0.378 e. The lowest BCUT2D eigenvalue weighted by molar-refractivity contribution is 0.102. The largest absolute Gasteiger partial charge is 0.378 e. The van der Waals surface area contributed by atoms with Gasteiger partial charge in [-0.15, -0.1) is 0 Å². The monoisotopic (exact) mass is 369 g/mol. The molecule has 0 spiro atoms. The summed E-state index contributed by atoms with van der Waals surface area (Å²) in [6, 6.07) is 10.7. The van der Waals surface area contributed by atoms with Crippen LogP contribution in [0.15, 0.2) is 54.9 Å². The van der Waals surface area contributed by atoms with E-state index in [1.54, 1.807) is 12.1 Å². The molecule has 8 heteroatoms. The van der Waals surface area contributed by atoms with Crippen LogP contribution in [0.5, 0.6) is 0 Å². The van der Waals surface area contributed by atoms with Crippen LogP contribution in [0.1, 0.15) is 10.5 Å². The van der Waals surface area contributed by atoms with Crippen molar-refractivity contribution in [2.45, 2.75) is 0 Å². The molecular weight excluding hydrogens is 352 g/mol. The average Bonchev–Trinajstić information content (AvgIpc) is 2.66. The standard InChI is InChI=1S/C19H17F2N5O/c1-26(2)14-6-3-12(4-7-14)25-19(27)17-10-23-18(11-22-17)24-13-5-8-15(20)16(21)9-13/h3-11H,1-2H3,(H,23,24)(H,25,27). The minimum absolute atomic E-state index is 0.127. The molecule has 1 amide bonds. The van der Waals surface area contributed by atoms with E-state index in [4.69, 9.17) is 0 Å². The zero-order chi connectivity index (χ0) is 19.4. The van der Waals surface area contributed by atoms with Crippen LogP contribution in [0.3, 0.4) is 0 Å². The van der Waals surface area contributed by atoms with E-state index in [1.807, 2.05) is 31.1 Å². The van der Waals surface area contributed by atoms with Gasteiger partial charge in [0.15, 0.2) is 11.6 Å². The van der Waals surface area contributed by atoms with Crippen LogP contribution >= 0.6 is 0 Å². The van der Waals surface area contributed by atoms with Gasteiger partial charge in [-0.3, -0.25) is 4.79 Å². The molecule has 2 aromatic carbocycles. The highest BCUT2D eigenvalue weighted by atomic mass is 19.2. The maximum atomic E-state index is 13.2. The summed E-state index contributed by atoms with van der Waals surface area (Å²) in [5.41, 5.74) is 2.10. The van der Waals surface area contributed by atoms with Gasteiger partial charge < -0.3 is 15.5 Å². The molecule has 0 atom stereocenters. The van der Waals surface area contributed by atoms with E-state index < -0.39 is 17.5 Å². The maximum absolute atomic E-state index is 13.2. The molecule has 0 saturated heterocycles. The van der Waals surface area contributed by atoms with Crippen molar-refractivity contribution < 1.29 is 13.6 Å². The number of rotatable bonds is 5. The van der Waals surface area contributed by atoms with Crippen LogP contribution in [0.25, 0.3) is 0 Å². The van der Waals surface area contributed by atoms with E-state index in [9.17, 15) is 13.6 Å². The SMILES string of the molecule is CN(C)c1ccc(NC(=O)c2cnc(Nc3ccc(F)c(F)c3)cn2)cc1. The predicted octanol–water partition coefficient (Wildman–Crippen LogP) is 3.82. The Bertz CT molecular complexity index is 943. The van der Waals surface area contributed by atoms with Crippen molar-refractivity contribution in [3.8, 4) is 0 Å². The summed E-state index contributed by atoms with van der Waals surface area (Å²) >= 11 is 0. The smallest absolute Gasteiger partial charge is 0.275 e. The minimum atomic E-state index is -0.968. The van der Waals surface area contributed by atoms with Crippen molar-refractivity contribution in [1.29, 1.82) is 0 Å². The average molecular weight is 369 g/mol. The van der Waals surface area contributed by atoms with Crippen LogP contribution in [-0.2, 0) is 0 Å². The fraction of sp³-hybridized carbons (Fsp3) is 0.105. The van der Waals surface area contributed by atoms with Crippen LogP contribution in [0, 0.1) is 11.6 Å². The number of hydrogen-bond acceptors (Lipinski definition) is 5. The molecule has 1 heterocycles. The summed E-state index contributed by atoms with van der Waals surface area (Å²) in [7, 11) is 3.86. The van der Waals surface area contributed by atoms with Crippen LogP contribution < -0.4 is 15.5 Å². The summed E-state index contributed by atoms with van der Waals surface area (Å²) in [5.74, 6) is -2.01. The number of nitrogens with one attached hydrogen (secondary N) is 2. The van der Waals surface area contributed by atoms with Crippen molar-refractivity contribution in [1.82, 2.24) is 9.97 Å². The van der Waals surface area contributed by atoms with Crippen molar-refractivity contribution in [2.24, 2.45) is 0 Å². The molecule has 0 saturated carbocycles. The molecule has 1 aromatic heterocycles. The number of hydrogen-bond donors (Lipinski definition) is 2. The number of anilines is 4. The molecule has 3 rings (SSSR count). The zero-order valence-corrected chi connectivity index (χ0v) is 14.7. The van der Waals surface area contributed by atoms with Gasteiger partial charge in [-0.25, -0.2) is 18.7 Å². The first-order valence-electron chi connectivity index (χ1n) is 8.05. The van der Waals surface area contributed by atoms with Crippen LogP contribution in [0.4, 0.5) is 31.7 Å². The number of carbonyl (C=O) groups excluding carboxylic acids is 1. The van der Waals surface area contributed by atoms with E-state index in [1.165, 1.54) is 18.5 Å². The lowest BCUT2D eigenvalue weighted by Gasteiger charge is -2.13. The Labute approximate surface area is 154 Å². The second kappa shape index (κ2) is 7.77. The highest BCUT2D eigenvalue weighted by Gasteiger charge is 2.09. The predicted molar refractivity (Wildman–Crippen MR) is 100 cm³/mol. The Morgan fingerprint density at radius 2 is 1.63 bits per heavy atom. The molecular formula is C19H17F2N5O. The third kappa shape index (κ3) is 4.55. The molecule has 0 radical (unpaired) electrons. The highest BCUT2D eigenvalue weighted by Crippen LogP contribution is 2.18. The molecule has 6 nitrogen and oxygen atoms in total. The van der Waals surface area contributed by atoms with E-state index >= 15 is 0 Å². The van der Waals surface area contributed by atoms with Crippen LogP contribution in [0.2, 0.25) is 0 Å². The quantitative estimate of drug-likeness (QED) is 0.716. The summed E-state index contributed by atoms with van der Waals surface area (Å²) < 4.78 is 26.2. The Balaban J connectivity index is 1.65. The van der Waals surface area contributed by atoms with Crippen molar-refractivity contribution in [3.05, 3.63) is 72.2 Å². The van der Waals surface area contributed by atoms with Gasteiger partial charge in [-0.1, -0.05) is 0 Å². The molecule has 0 aliphatic rings. The summed E-state index contributed by atoms with van der Waals surface area (Å²) in [6.45, 7) is 0. The van der Waals surface area contributed by atoms with E-state index in [0.29, 0.717) is 17.2 Å². The van der Waals surface area contributed by atoms with Gasteiger partial charge in [0.1, 0.15) is 11.5 Å². The molecule has 27 heavy (non-hydrogen) atoms. The van der Waals surface area contributed by atoms with Gasteiger partial charge in [0.05, 0.1) is 12.4 Å². The van der Waals surface area contributed by atoms with E-state index in [0.717, 1.165) is 17.8 Å². The molecule has 0 bridgehead atoms. The van der Waals surface area contributed by atoms with Gasteiger partial charge in [-0.05, 0) is 36.4 Å². The van der Waals surface area contributed by atoms with E-state index in [-0.39, 0.29) is 5.69 Å². The van der Waals surface area contributed by atoms with E-state index in [2.05, 4.69) is 20.6 Å². The van der Waals surface area contributed by atoms with Crippen LogP contribution in [-0.4, -0.2) is 30.0 Å². The second-order valence-corrected chi connectivity index (χ2v) is 5.94. The lowest BCUT2D eigenvalue weighted by atomic mass is 10.2. The normalized spacial score (nSPS) is 10.4. The van der Waals surface area contributed by atoms with Crippen molar-refractivity contribution >= 4 is 28.8 Å². The first-order chi connectivity index (χ1) is 12.9. The Kier molecular flexibility index (Phi) is 5.25. The second-order valence-electron chi connectivity index (χ2n) is 5.94. The van der Waals surface area contributed by atoms with Gasteiger partial charge >= 0.3 is 0 Å². The first-order valence-corrected chi connectivity index (χ1v) is 8.05. The molecule has 0 fully saturated rings. The highest BCUT2D eigenvalue weighted by molar-refractivity contribution is 6.02. The number of halogens is 2. The van der Waals surface area contributed by atoms with Gasteiger partial charge in [0.2, 0.25) is 0 Å². The van der Waals surface area contributed by atoms with Crippen molar-refractivity contribution in [2.75, 3.05) is 29.6 Å². The summed E-state index contributed by atoms with van der Waals surface area (Å²) in [4.78, 5) is 22.3. The van der Waals surface area contributed by atoms with Gasteiger partial charge in [0.25, 0.3) is 5.91 Å². The molecule has 0 unspecified atom stereocenters. The zero-order valence-electron chi connectivity index (χ0n) is 14.7. The Hall–Kier alpha value is -3.55. The fourth-order valence-electron chi connectivity index (χ4n) is 2.27. The maximum Gasteiger partial charge on any atom is 0.275 e. The third-order valence-electron chi connectivity index (χ3n) is 3.72. The molecule has 2 N–H and O–H groups in total. The molecule has 3 aromatic rings. The molecule has 138 valence electrons.